The van der Waals surface area contributed by atoms with Crippen LogP contribution < -0.4 is 5.56 Å². The molecule has 1 heterocycles. The van der Waals surface area contributed by atoms with Crippen LogP contribution in [0.15, 0.2) is 34.3 Å². The molecule has 0 unspecified atom stereocenters. The molecule has 0 radical (unpaired) electrons. The van der Waals surface area contributed by atoms with Gasteiger partial charge in [0.05, 0.1) is 11.4 Å². The van der Waals surface area contributed by atoms with Crippen LogP contribution in [0.1, 0.15) is 0 Å². The Morgan fingerprint density at radius 2 is 1.95 bits per heavy atom. The van der Waals surface area contributed by atoms with Gasteiger partial charge in [-0.2, -0.15) is 4.98 Å². The number of aliphatic carboxylic acids is 1. The van der Waals surface area contributed by atoms with Crippen molar-refractivity contribution in [2.45, 2.75) is 5.16 Å². The lowest BCUT2D eigenvalue weighted by Gasteiger charge is -2.12. The molecule has 0 amide bonds. The highest BCUT2D eigenvalue weighted by atomic mass is 32.2. The molecule has 110 valence electrons. The number of thioether (sulfide) groups is 1. The molecule has 0 fully saturated rings. The minimum absolute atomic E-state index is 0.144. The molecule has 5 nitrogen and oxygen atoms in total. The van der Waals surface area contributed by atoms with Gasteiger partial charge >= 0.3 is 5.97 Å². The smallest absolute Gasteiger partial charge is 0.313 e. The summed E-state index contributed by atoms with van der Waals surface area (Å²) in [5.41, 5.74) is -1.04. The van der Waals surface area contributed by atoms with E-state index in [0.29, 0.717) is 11.8 Å². The Hall–Kier alpha value is -2.29. The first-order valence-electron chi connectivity index (χ1n) is 5.48. The van der Waals surface area contributed by atoms with Gasteiger partial charge in [-0.1, -0.05) is 11.8 Å². The molecule has 2 aromatic rings. The summed E-state index contributed by atoms with van der Waals surface area (Å²) in [6, 6.07) is 2.67. The van der Waals surface area contributed by atoms with E-state index in [0.717, 1.165) is 29.0 Å². The van der Waals surface area contributed by atoms with E-state index in [1.54, 1.807) is 0 Å². The molecule has 0 bridgehead atoms. The molecule has 0 atom stereocenters. The van der Waals surface area contributed by atoms with Crippen LogP contribution >= 0.6 is 11.8 Å². The van der Waals surface area contributed by atoms with Crippen molar-refractivity contribution in [3.8, 4) is 5.69 Å². The second kappa shape index (κ2) is 6.00. The van der Waals surface area contributed by atoms with Crippen molar-refractivity contribution in [2.75, 3.05) is 5.75 Å². The van der Waals surface area contributed by atoms with Crippen LogP contribution in [-0.4, -0.2) is 26.4 Å². The van der Waals surface area contributed by atoms with E-state index in [-0.39, 0.29) is 10.8 Å². The highest BCUT2D eigenvalue weighted by molar-refractivity contribution is 7.99. The maximum absolute atomic E-state index is 13.8. The molecule has 1 aromatic carbocycles. The SMILES string of the molecule is O=C(O)CSc1nc(=O)ccn1-c1ccc(F)c(F)c1F. The van der Waals surface area contributed by atoms with E-state index < -0.39 is 34.7 Å². The van der Waals surface area contributed by atoms with Gasteiger partial charge in [0.25, 0.3) is 5.56 Å². The van der Waals surface area contributed by atoms with Gasteiger partial charge in [0.1, 0.15) is 0 Å². The number of carbonyl (C=O) groups is 1. The Morgan fingerprint density at radius 3 is 2.62 bits per heavy atom. The average molecular weight is 316 g/mol. The lowest BCUT2D eigenvalue weighted by atomic mass is 10.3. The standard InChI is InChI=1S/C12H7F3N2O3S/c13-6-1-2-7(11(15)10(6)14)17-4-3-8(18)16-12(17)21-5-9(19)20/h1-4H,5H2,(H,19,20). The minimum atomic E-state index is -1.67. The van der Waals surface area contributed by atoms with Gasteiger partial charge in [0, 0.05) is 12.3 Å². The zero-order chi connectivity index (χ0) is 15.6. The van der Waals surface area contributed by atoms with Crippen molar-refractivity contribution in [3.63, 3.8) is 0 Å². The Morgan fingerprint density at radius 1 is 1.24 bits per heavy atom. The van der Waals surface area contributed by atoms with Crippen LogP contribution in [-0.2, 0) is 4.79 Å². The minimum Gasteiger partial charge on any atom is -0.481 e. The van der Waals surface area contributed by atoms with Gasteiger partial charge in [0.15, 0.2) is 22.6 Å². The quantitative estimate of drug-likeness (QED) is 0.529. The van der Waals surface area contributed by atoms with Crippen LogP contribution in [0.25, 0.3) is 5.69 Å². The van der Waals surface area contributed by atoms with Crippen LogP contribution in [0.4, 0.5) is 13.2 Å². The second-order valence-corrected chi connectivity index (χ2v) is 4.74. The Balaban J connectivity index is 2.56. The summed E-state index contributed by atoms with van der Waals surface area (Å²) in [6.45, 7) is 0. The van der Waals surface area contributed by atoms with Gasteiger partial charge in [-0.05, 0) is 12.1 Å². The summed E-state index contributed by atoms with van der Waals surface area (Å²) in [7, 11) is 0. The molecule has 21 heavy (non-hydrogen) atoms. The molecule has 1 aromatic heterocycles. The highest BCUT2D eigenvalue weighted by Gasteiger charge is 2.17. The van der Waals surface area contributed by atoms with E-state index in [4.69, 9.17) is 5.11 Å². The van der Waals surface area contributed by atoms with Crippen molar-refractivity contribution in [3.05, 3.63) is 52.2 Å². The number of aromatic nitrogens is 2. The van der Waals surface area contributed by atoms with Gasteiger partial charge in [-0.15, -0.1) is 0 Å². The summed E-state index contributed by atoms with van der Waals surface area (Å²) < 4.78 is 40.9. The van der Waals surface area contributed by atoms with Crippen molar-refractivity contribution in [1.82, 2.24) is 9.55 Å². The zero-order valence-corrected chi connectivity index (χ0v) is 11.0. The lowest BCUT2D eigenvalue weighted by molar-refractivity contribution is -0.133. The van der Waals surface area contributed by atoms with Crippen LogP contribution in [0.2, 0.25) is 0 Å². The lowest BCUT2D eigenvalue weighted by Crippen LogP contribution is -2.14. The van der Waals surface area contributed by atoms with E-state index in [1.807, 2.05) is 0 Å². The molecular formula is C12H7F3N2O3S. The molecule has 0 saturated carbocycles. The van der Waals surface area contributed by atoms with Crippen LogP contribution in [0.3, 0.4) is 0 Å². The molecule has 1 N–H and O–H groups in total. The summed E-state index contributed by atoms with van der Waals surface area (Å²) in [4.78, 5) is 25.3. The Kier molecular flexibility index (Phi) is 4.32. The Labute approximate surface area is 120 Å². The number of carboxylic acid groups (broad SMARTS) is 1. The fraction of sp³-hybridized carbons (Fsp3) is 0.0833. The third-order valence-corrected chi connectivity index (χ3v) is 3.31. The number of benzene rings is 1. The molecular weight excluding hydrogens is 309 g/mol. The number of halogens is 3. The molecule has 0 aliphatic heterocycles. The summed E-state index contributed by atoms with van der Waals surface area (Å²) >= 11 is 0.652. The molecule has 9 heteroatoms. The van der Waals surface area contributed by atoms with Crippen molar-refractivity contribution >= 4 is 17.7 Å². The van der Waals surface area contributed by atoms with Gasteiger partial charge in [0.2, 0.25) is 0 Å². The number of hydrogen-bond donors (Lipinski definition) is 1. The van der Waals surface area contributed by atoms with E-state index in [2.05, 4.69) is 4.98 Å². The normalized spacial score (nSPS) is 10.6. The zero-order valence-electron chi connectivity index (χ0n) is 10.2. The van der Waals surface area contributed by atoms with Crippen LogP contribution in [0, 0.1) is 17.5 Å². The van der Waals surface area contributed by atoms with Gasteiger partial charge < -0.3 is 5.11 Å². The van der Waals surface area contributed by atoms with Gasteiger partial charge in [-0.25, -0.2) is 13.2 Å². The van der Waals surface area contributed by atoms with Gasteiger partial charge in [-0.3, -0.25) is 14.2 Å². The van der Waals surface area contributed by atoms with Crippen LogP contribution in [0.5, 0.6) is 0 Å². The monoisotopic (exact) mass is 316 g/mol. The fourth-order valence-corrected chi connectivity index (χ4v) is 2.21. The predicted molar refractivity (Wildman–Crippen MR) is 68.1 cm³/mol. The number of hydrogen-bond acceptors (Lipinski definition) is 4. The maximum Gasteiger partial charge on any atom is 0.313 e. The number of rotatable bonds is 4. The molecule has 0 spiro atoms. The third-order valence-electron chi connectivity index (χ3n) is 2.38. The van der Waals surface area contributed by atoms with Crippen molar-refractivity contribution < 1.29 is 23.1 Å². The topological polar surface area (TPSA) is 72.2 Å². The Bertz CT molecular complexity index is 764. The average Bonchev–Trinajstić information content (AvgIpc) is 2.44. The molecule has 0 aliphatic carbocycles. The number of nitrogens with zero attached hydrogens (tertiary/aromatic N) is 2. The molecule has 2 rings (SSSR count). The second-order valence-electron chi connectivity index (χ2n) is 3.80. The van der Waals surface area contributed by atoms with E-state index in [1.165, 1.54) is 0 Å². The summed E-state index contributed by atoms with van der Waals surface area (Å²) in [6.07, 6.45) is 1.11. The first-order chi connectivity index (χ1) is 9.90. The maximum atomic E-state index is 13.8. The van der Waals surface area contributed by atoms with Crippen molar-refractivity contribution in [2.24, 2.45) is 0 Å². The fourth-order valence-electron chi connectivity index (χ4n) is 1.50. The third kappa shape index (κ3) is 3.24. The van der Waals surface area contributed by atoms with Crippen molar-refractivity contribution in [1.29, 1.82) is 0 Å². The summed E-state index contributed by atoms with van der Waals surface area (Å²) in [5.74, 6) is -6.08. The highest BCUT2D eigenvalue weighted by Crippen LogP contribution is 2.23. The first-order valence-corrected chi connectivity index (χ1v) is 6.47. The predicted octanol–water partition coefficient (Wildman–Crippen LogP) is 1.83. The van der Waals surface area contributed by atoms with E-state index in [9.17, 15) is 22.8 Å². The summed E-state index contributed by atoms with van der Waals surface area (Å²) in [5, 5.41) is 8.48. The number of carboxylic acids is 1. The molecule has 0 saturated heterocycles. The first kappa shape index (κ1) is 15.1. The molecule has 0 aliphatic rings. The van der Waals surface area contributed by atoms with E-state index >= 15 is 0 Å². The largest absolute Gasteiger partial charge is 0.481 e.